The summed E-state index contributed by atoms with van der Waals surface area (Å²) >= 11 is 0. The van der Waals surface area contributed by atoms with Gasteiger partial charge in [0.25, 0.3) is 0 Å². The van der Waals surface area contributed by atoms with Crippen molar-refractivity contribution in [2.24, 2.45) is 5.41 Å². The Bertz CT molecular complexity index is 557. The number of hydrogen-bond donors (Lipinski definition) is 1. The fourth-order valence-electron chi connectivity index (χ4n) is 5.59. The normalized spacial score (nSPS) is 22.4. The summed E-state index contributed by atoms with van der Waals surface area (Å²) in [6.07, 6.45) is 23.2. The van der Waals surface area contributed by atoms with E-state index in [1.165, 1.54) is 95.5 Å². The topological polar surface area (TPSA) is 46.5 Å². The van der Waals surface area contributed by atoms with Crippen molar-refractivity contribution >= 4 is 5.78 Å². The number of Topliss-reactive ketones (excluding diaryl/α,β-unsaturated/α-hetero) is 1. The fraction of sp³-hybridized carbons (Fsp3) is 0.897. The van der Waals surface area contributed by atoms with E-state index in [-0.39, 0.29) is 17.3 Å². The Morgan fingerprint density at radius 1 is 0.938 bits per heavy atom. The molecule has 32 heavy (non-hydrogen) atoms. The van der Waals surface area contributed by atoms with E-state index in [0.717, 1.165) is 31.4 Å². The van der Waals surface area contributed by atoms with Crippen LogP contribution in [0.15, 0.2) is 11.1 Å². The number of ether oxygens (including phenoxy) is 1. The van der Waals surface area contributed by atoms with Crippen LogP contribution in [0.2, 0.25) is 0 Å². The molecule has 3 heteroatoms. The second-order valence-electron chi connectivity index (χ2n) is 11.2. The Balaban J connectivity index is 1.39. The van der Waals surface area contributed by atoms with Crippen LogP contribution in [0, 0.1) is 5.41 Å². The molecule has 0 spiro atoms. The van der Waals surface area contributed by atoms with Gasteiger partial charge < -0.3 is 9.84 Å². The highest BCUT2D eigenvalue weighted by Crippen LogP contribution is 2.41. The Labute approximate surface area is 198 Å². The molecule has 1 aliphatic carbocycles. The number of aliphatic hydroxyl groups is 1. The number of hydrogen-bond acceptors (Lipinski definition) is 3. The first-order valence-corrected chi connectivity index (χ1v) is 13.9. The number of unbranched alkanes of at least 4 members (excludes halogenated alkanes) is 10. The summed E-state index contributed by atoms with van der Waals surface area (Å²) in [4.78, 5) is 12.1. The van der Waals surface area contributed by atoms with Crippen molar-refractivity contribution in [1.29, 1.82) is 0 Å². The molecule has 2 rings (SSSR count). The number of allylic oxidation sites excluding steroid dienone is 1. The number of rotatable bonds is 16. The second-order valence-corrected chi connectivity index (χ2v) is 11.2. The van der Waals surface area contributed by atoms with Crippen molar-refractivity contribution in [3.05, 3.63) is 11.1 Å². The van der Waals surface area contributed by atoms with Crippen LogP contribution in [-0.4, -0.2) is 29.7 Å². The van der Waals surface area contributed by atoms with E-state index in [9.17, 15) is 9.90 Å². The molecule has 0 aromatic carbocycles. The smallest absolute Gasteiger partial charge is 0.158 e. The molecule has 1 heterocycles. The maximum absolute atomic E-state index is 12.1. The van der Waals surface area contributed by atoms with Crippen molar-refractivity contribution in [2.75, 3.05) is 6.61 Å². The van der Waals surface area contributed by atoms with Crippen molar-refractivity contribution in [3.63, 3.8) is 0 Å². The zero-order chi connectivity index (χ0) is 23.2. The molecule has 0 bridgehead atoms. The van der Waals surface area contributed by atoms with Gasteiger partial charge in [0.1, 0.15) is 0 Å². The van der Waals surface area contributed by atoms with E-state index in [4.69, 9.17) is 4.74 Å². The van der Waals surface area contributed by atoms with Gasteiger partial charge in [0.15, 0.2) is 5.78 Å². The summed E-state index contributed by atoms with van der Waals surface area (Å²) < 4.78 is 5.81. The predicted octanol–water partition coefficient (Wildman–Crippen LogP) is 8.08. The van der Waals surface area contributed by atoms with E-state index in [1.807, 2.05) is 6.92 Å². The summed E-state index contributed by atoms with van der Waals surface area (Å²) in [5, 5.41) is 10.5. The lowest BCUT2D eigenvalue weighted by atomic mass is 9.70. The van der Waals surface area contributed by atoms with Crippen LogP contribution in [0.1, 0.15) is 143 Å². The van der Waals surface area contributed by atoms with Gasteiger partial charge in [-0.3, -0.25) is 4.79 Å². The molecule has 1 aliphatic heterocycles. The molecular formula is C29H52O3. The zero-order valence-corrected chi connectivity index (χ0v) is 21.6. The van der Waals surface area contributed by atoms with Gasteiger partial charge in [-0.15, -0.1) is 0 Å². The van der Waals surface area contributed by atoms with Gasteiger partial charge in [-0.1, -0.05) is 90.0 Å². The first-order chi connectivity index (χ1) is 15.4. The first-order valence-electron chi connectivity index (χ1n) is 13.9. The van der Waals surface area contributed by atoms with E-state index in [1.54, 1.807) is 0 Å². The number of carbonyl (C=O) groups is 1. The van der Waals surface area contributed by atoms with Crippen LogP contribution in [0.4, 0.5) is 0 Å². The minimum atomic E-state index is -0.296. The van der Waals surface area contributed by atoms with Crippen LogP contribution < -0.4 is 0 Å². The lowest BCUT2D eigenvalue weighted by Gasteiger charge is -2.35. The average Bonchev–Trinajstić information content (AvgIpc) is 2.78. The third-order valence-electron chi connectivity index (χ3n) is 7.94. The number of carbonyl (C=O) groups excluding carboxylic acids is 1. The lowest BCUT2D eigenvalue weighted by molar-refractivity contribution is -0.116. The van der Waals surface area contributed by atoms with Gasteiger partial charge >= 0.3 is 0 Å². The van der Waals surface area contributed by atoms with Gasteiger partial charge in [-0.25, -0.2) is 0 Å². The molecule has 2 unspecified atom stereocenters. The van der Waals surface area contributed by atoms with E-state index in [2.05, 4.69) is 13.8 Å². The second kappa shape index (κ2) is 15.3. The Kier molecular flexibility index (Phi) is 13.2. The number of aliphatic hydroxyl groups excluding tert-OH is 1. The quantitative estimate of drug-likeness (QED) is 0.243. The average molecular weight is 449 g/mol. The molecule has 0 aromatic rings. The highest BCUT2D eigenvalue weighted by molar-refractivity contribution is 5.96. The molecule has 0 saturated carbocycles. The molecule has 186 valence electrons. The van der Waals surface area contributed by atoms with Gasteiger partial charge in [0.05, 0.1) is 12.2 Å². The van der Waals surface area contributed by atoms with E-state index < -0.39 is 0 Å². The third-order valence-corrected chi connectivity index (χ3v) is 7.94. The lowest BCUT2D eigenvalue weighted by Crippen LogP contribution is -2.27. The Morgan fingerprint density at radius 2 is 1.53 bits per heavy atom. The summed E-state index contributed by atoms with van der Waals surface area (Å²) in [6, 6.07) is 0. The standard InChI is InChI=1S/C29H52O3/c1-24-27(29(2,3)21-20-28(24)31)23-25(30)17-13-11-9-7-5-4-6-8-10-12-14-18-26-19-15-16-22-32-26/h25-26,30H,4-23H2,1-3H3. The summed E-state index contributed by atoms with van der Waals surface area (Å²) in [7, 11) is 0. The molecule has 2 atom stereocenters. The molecule has 3 nitrogen and oxygen atoms in total. The molecule has 0 amide bonds. The van der Waals surface area contributed by atoms with Crippen molar-refractivity contribution < 1.29 is 14.6 Å². The molecule has 1 saturated heterocycles. The number of ketones is 1. The predicted molar refractivity (Wildman–Crippen MR) is 135 cm³/mol. The molecule has 0 radical (unpaired) electrons. The zero-order valence-electron chi connectivity index (χ0n) is 21.6. The van der Waals surface area contributed by atoms with Crippen molar-refractivity contribution in [2.45, 2.75) is 155 Å². The van der Waals surface area contributed by atoms with Crippen molar-refractivity contribution in [3.8, 4) is 0 Å². The summed E-state index contributed by atoms with van der Waals surface area (Å²) in [5.74, 6) is 0.278. The van der Waals surface area contributed by atoms with Gasteiger partial charge in [0, 0.05) is 13.0 Å². The van der Waals surface area contributed by atoms with Crippen molar-refractivity contribution in [1.82, 2.24) is 0 Å². The molecule has 0 aromatic heterocycles. The van der Waals surface area contributed by atoms with Crippen LogP contribution in [-0.2, 0) is 9.53 Å². The van der Waals surface area contributed by atoms with Crippen LogP contribution in [0.3, 0.4) is 0 Å². The van der Waals surface area contributed by atoms with Gasteiger partial charge in [-0.05, 0) is 62.9 Å². The van der Waals surface area contributed by atoms with Crippen LogP contribution >= 0.6 is 0 Å². The third kappa shape index (κ3) is 10.5. The SMILES string of the molecule is CC1=C(CC(O)CCCCCCCCCCCCCC2CCCCO2)C(C)(C)CCC1=O. The minimum absolute atomic E-state index is 0.0583. The Hall–Kier alpha value is -0.670. The van der Waals surface area contributed by atoms with Crippen LogP contribution in [0.5, 0.6) is 0 Å². The minimum Gasteiger partial charge on any atom is -0.393 e. The summed E-state index contributed by atoms with van der Waals surface area (Å²) in [6.45, 7) is 7.39. The maximum atomic E-state index is 12.1. The van der Waals surface area contributed by atoms with E-state index in [0.29, 0.717) is 18.9 Å². The van der Waals surface area contributed by atoms with Crippen LogP contribution in [0.25, 0.3) is 0 Å². The maximum Gasteiger partial charge on any atom is 0.158 e. The van der Waals surface area contributed by atoms with Gasteiger partial charge in [0.2, 0.25) is 0 Å². The highest BCUT2D eigenvalue weighted by atomic mass is 16.5. The first kappa shape index (κ1) is 27.6. The summed E-state index contributed by atoms with van der Waals surface area (Å²) in [5.41, 5.74) is 2.17. The largest absolute Gasteiger partial charge is 0.393 e. The fourth-order valence-corrected chi connectivity index (χ4v) is 5.59. The van der Waals surface area contributed by atoms with Gasteiger partial charge in [-0.2, -0.15) is 0 Å². The molecule has 1 N–H and O–H groups in total. The molecule has 2 aliphatic rings. The Morgan fingerprint density at radius 3 is 2.12 bits per heavy atom. The molecule has 1 fully saturated rings. The highest BCUT2D eigenvalue weighted by Gasteiger charge is 2.32. The monoisotopic (exact) mass is 448 g/mol. The van der Waals surface area contributed by atoms with E-state index >= 15 is 0 Å². The molecular weight excluding hydrogens is 396 g/mol.